The third-order valence-electron chi connectivity index (χ3n) is 2.92. The van der Waals surface area contributed by atoms with Crippen LogP contribution in [0.15, 0.2) is 0 Å². The minimum atomic E-state index is -0.752. The number of carbonyl (C=O) groups is 1. The summed E-state index contributed by atoms with van der Waals surface area (Å²) in [5.74, 6) is 0. The highest BCUT2D eigenvalue weighted by molar-refractivity contribution is 5.67. The molecule has 0 spiro atoms. The Kier molecular flexibility index (Phi) is 3.93. The first kappa shape index (κ1) is 12.3. The number of aliphatic hydroxyl groups is 1. The Morgan fingerprint density at radius 3 is 2.93 bits per heavy atom. The van der Waals surface area contributed by atoms with Gasteiger partial charge in [0.2, 0.25) is 0 Å². The maximum atomic E-state index is 11.5. The summed E-state index contributed by atoms with van der Waals surface area (Å²) in [7, 11) is 1.79. The fraction of sp³-hybridized carbons (Fsp3) is 0.900. The maximum Gasteiger partial charge on any atom is 0.409 e. The van der Waals surface area contributed by atoms with E-state index in [9.17, 15) is 9.90 Å². The van der Waals surface area contributed by atoms with Crippen molar-refractivity contribution in [3.8, 4) is 0 Å². The number of carbonyl (C=O) groups excluding carboxylic acids is 1. The van der Waals surface area contributed by atoms with Crippen LogP contribution >= 0.6 is 0 Å². The van der Waals surface area contributed by atoms with E-state index in [1.165, 1.54) is 0 Å². The topological polar surface area (TPSA) is 61.8 Å². The second-order valence-corrected chi connectivity index (χ2v) is 4.09. The fourth-order valence-corrected chi connectivity index (χ4v) is 1.83. The SMILES string of the molecule is CCOC(=O)N1CCC(C)(O)C(NC)C1. The molecule has 0 saturated carbocycles. The number of ether oxygens (including phenoxy) is 1. The second kappa shape index (κ2) is 4.81. The number of amides is 1. The molecule has 1 aliphatic rings. The molecule has 2 unspecified atom stereocenters. The Morgan fingerprint density at radius 1 is 1.73 bits per heavy atom. The predicted molar refractivity (Wildman–Crippen MR) is 56.7 cm³/mol. The van der Waals surface area contributed by atoms with E-state index >= 15 is 0 Å². The number of likely N-dealkylation sites (N-methyl/N-ethyl adjacent to an activating group) is 1. The normalized spacial score (nSPS) is 31.5. The molecule has 0 aromatic carbocycles. The lowest BCUT2D eigenvalue weighted by Gasteiger charge is -2.41. The number of hydrogen-bond donors (Lipinski definition) is 2. The van der Waals surface area contributed by atoms with Gasteiger partial charge < -0.3 is 20.1 Å². The van der Waals surface area contributed by atoms with Gasteiger partial charge in [-0.2, -0.15) is 0 Å². The number of rotatable bonds is 2. The monoisotopic (exact) mass is 216 g/mol. The lowest BCUT2D eigenvalue weighted by atomic mass is 9.89. The quantitative estimate of drug-likeness (QED) is 0.691. The third-order valence-corrected chi connectivity index (χ3v) is 2.92. The Labute approximate surface area is 90.4 Å². The van der Waals surface area contributed by atoms with Crippen LogP contribution in [0, 0.1) is 0 Å². The Balaban J connectivity index is 2.57. The van der Waals surface area contributed by atoms with Crippen molar-refractivity contribution in [1.29, 1.82) is 0 Å². The number of nitrogens with zero attached hydrogens (tertiary/aromatic N) is 1. The van der Waals surface area contributed by atoms with Crippen LogP contribution in [0.3, 0.4) is 0 Å². The number of likely N-dealkylation sites (tertiary alicyclic amines) is 1. The molecule has 0 aromatic heterocycles. The average molecular weight is 216 g/mol. The highest BCUT2D eigenvalue weighted by Gasteiger charge is 2.38. The van der Waals surface area contributed by atoms with Gasteiger partial charge in [-0.3, -0.25) is 0 Å². The van der Waals surface area contributed by atoms with Gasteiger partial charge in [0.15, 0.2) is 0 Å². The van der Waals surface area contributed by atoms with E-state index in [1.807, 2.05) is 0 Å². The molecule has 0 aromatic rings. The first-order valence-corrected chi connectivity index (χ1v) is 5.32. The summed E-state index contributed by atoms with van der Waals surface area (Å²) >= 11 is 0. The third kappa shape index (κ3) is 2.82. The predicted octanol–water partition coefficient (Wildman–Crippen LogP) is 0.188. The summed E-state index contributed by atoms with van der Waals surface area (Å²) in [6.45, 7) is 4.99. The molecule has 15 heavy (non-hydrogen) atoms. The maximum absolute atomic E-state index is 11.5. The van der Waals surface area contributed by atoms with Crippen LogP contribution in [-0.2, 0) is 4.74 Å². The van der Waals surface area contributed by atoms with Crippen molar-refractivity contribution < 1.29 is 14.6 Å². The van der Waals surface area contributed by atoms with Crippen molar-refractivity contribution in [2.45, 2.75) is 31.9 Å². The van der Waals surface area contributed by atoms with Crippen LogP contribution in [0.4, 0.5) is 4.79 Å². The van der Waals surface area contributed by atoms with Crippen LogP contribution in [0.5, 0.6) is 0 Å². The number of piperidine rings is 1. The molecular weight excluding hydrogens is 196 g/mol. The Hall–Kier alpha value is -0.810. The molecule has 0 bridgehead atoms. The zero-order valence-electron chi connectivity index (χ0n) is 9.62. The van der Waals surface area contributed by atoms with Gasteiger partial charge in [-0.25, -0.2) is 4.79 Å². The smallest absolute Gasteiger partial charge is 0.409 e. The van der Waals surface area contributed by atoms with E-state index in [2.05, 4.69) is 5.32 Å². The second-order valence-electron chi connectivity index (χ2n) is 4.09. The minimum absolute atomic E-state index is 0.101. The van der Waals surface area contributed by atoms with E-state index < -0.39 is 5.60 Å². The van der Waals surface area contributed by atoms with Gasteiger partial charge in [-0.1, -0.05) is 0 Å². The Bertz CT molecular complexity index is 231. The molecule has 1 aliphatic heterocycles. The molecule has 5 nitrogen and oxygen atoms in total. The molecule has 0 radical (unpaired) electrons. The average Bonchev–Trinajstić information content (AvgIpc) is 2.17. The fourth-order valence-electron chi connectivity index (χ4n) is 1.83. The zero-order valence-corrected chi connectivity index (χ0v) is 9.62. The summed E-state index contributed by atoms with van der Waals surface area (Å²) in [5, 5.41) is 13.0. The summed E-state index contributed by atoms with van der Waals surface area (Å²) in [6.07, 6.45) is 0.269. The van der Waals surface area contributed by atoms with E-state index in [0.29, 0.717) is 26.1 Å². The van der Waals surface area contributed by atoms with E-state index in [-0.39, 0.29) is 12.1 Å². The van der Waals surface area contributed by atoms with Gasteiger partial charge in [0.05, 0.1) is 18.2 Å². The van der Waals surface area contributed by atoms with Gasteiger partial charge in [0.1, 0.15) is 0 Å². The zero-order chi connectivity index (χ0) is 11.5. The highest BCUT2D eigenvalue weighted by atomic mass is 16.6. The van der Waals surface area contributed by atoms with Crippen molar-refractivity contribution in [2.75, 3.05) is 26.7 Å². The van der Waals surface area contributed by atoms with Crippen molar-refractivity contribution in [3.05, 3.63) is 0 Å². The summed E-state index contributed by atoms with van der Waals surface area (Å²) < 4.78 is 4.92. The lowest BCUT2D eigenvalue weighted by Crippen LogP contribution is -2.60. The van der Waals surface area contributed by atoms with Gasteiger partial charge in [0.25, 0.3) is 0 Å². The molecule has 1 rings (SSSR count). The first-order valence-electron chi connectivity index (χ1n) is 5.32. The van der Waals surface area contributed by atoms with Crippen LogP contribution in [0.2, 0.25) is 0 Å². The molecule has 2 atom stereocenters. The molecule has 1 amide bonds. The van der Waals surface area contributed by atoms with Crippen LogP contribution in [0.1, 0.15) is 20.3 Å². The van der Waals surface area contributed by atoms with E-state index in [4.69, 9.17) is 4.74 Å². The van der Waals surface area contributed by atoms with Gasteiger partial charge in [-0.05, 0) is 27.3 Å². The first-order chi connectivity index (χ1) is 7.01. The standard InChI is InChI=1S/C10H20N2O3/c1-4-15-9(13)12-6-5-10(2,14)8(7-12)11-3/h8,11,14H,4-7H2,1-3H3. The number of nitrogens with one attached hydrogen (secondary N) is 1. The van der Waals surface area contributed by atoms with Crippen LogP contribution in [-0.4, -0.2) is 54.5 Å². The molecule has 0 aliphatic carbocycles. The van der Waals surface area contributed by atoms with Crippen LogP contribution in [0.25, 0.3) is 0 Å². The van der Waals surface area contributed by atoms with Gasteiger partial charge >= 0.3 is 6.09 Å². The van der Waals surface area contributed by atoms with Crippen molar-refractivity contribution in [2.24, 2.45) is 0 Å². The summed E-state index contributed by atoms with van der Waals surface area (Å²) in [5.41, 5.74) is -0.752. The molecule has 1 fully saturated rings. The van der Waals surface area contributed by atoms with Crippen molar-refractivity contribution >= 4 is 6.09 Å². The van der Waals surface area contributed by atoms with Crippen molar-refractivity contribution in [3.63, 3.8) is 0 Å². The molecule has 88 valence electrons. The Morgan fingerprint density at radius 2 is 2.40 bits per heavy atom. The highest BCUT2D eigenvalue weighted by Crippen LogP contribution is 2.22. The molecular formula is C10H20N2O3. The molecule has 2 N–H and O–H groups in total. The summed E-state index contributed by atoms with van der Waals surface area (Å²) in [4.78, 5) is 13.1. The van der Waals surface area contributed by atoms with Crippen molar-refractivity contribution in [1.82, 2.24) is 10.2 Å². The van der Waals surface area contributed by atoms with Gasteiger partial charge in [0, 0.05) is 13.1 Å². The molecule has 5 heteroatoms. The van der Waals surface area contributed by atoms with E-state index in [0.717, 1.165) is 0 Å². The lowest BCUT2D eigenvalue weighted by molar-refractivity contribution is -0.0317. The van der Waals surface area contributed by atoms with Gasteiger partial charge in [-0.15, -0.1) is 0 Å². The van der Waals surface area contributed by atoms with E-state index in [1.54, 1.807) is 25.8 Å². The largest absolute Gasteiger partial charge is 0.450 e. The molecule has 1 heterocycles. The molecule has 1 saturated heterocycles. The minimum Gasteiger partial charge on any atom is -0.450 e. The number of hydrogen-bond acceptors (Lipinski definition) is 4. The van der Waals surface area contributed by atoms with Crippen LogP contribution < -0.4 is 5.32 Å². The summed E-state index contributed by atoms with van der Waals surface area (Å²) in [6, 6.07) is -0.101.